The maximum absolute atomic E-state index is 11.4. The maximum Gasteiger partial charge on any atom is 0.328 e. The molecule has 3 heteroatoms. The minimum absolute atomic E-state index is 0.0671. The zero-order valence-electron chi connectivity index (χ0n) is 7.46. The van der Waals surface area contributed by atoms with Gasteiger partial charge < -0.3 is 4.57 Å². The van der Waals surface area contributed by atoms with Gasteiger partial charge in [0.2, 0.25) is 0 Å². The summed E-state index contributed by atoms with van der Waals surface area (Å²) in [6.45, 7) is 5.96. The van der Waals surface area contributed by atoms with Crippen LogP contribution in [0.25, 0.3) is 0 Å². The summed E-state index contributed by atoms with van der Waals surface area (Å²) in [6.07, 6.45) is 1.85. The van der Waals surface area contributed by atoms with Crippen LogP contribution in [0, 0.1) is 6.92 Å². The molecule has 0 atom stereocenters. The highest BCUT2D eigenvalue weighted by molar-refractivity contribution is 4.98. The molecule has 1 heterocycles. The number of hydrogen-bond donors (Lipinski definition) is 0. The van der Waals surface area contributed by atoms with E-state index in [2.05, 4.69) is 0 Å². The molecule has 3 nitrogen and oxygen atoms in total. The normalized spacial score (nSPS) is 11.0. The molecular formula is C8H14N2O. The van der Waals surface area contributed by atoms with Crippen LogP contribution in [0.5, 0.6) is 0 Å². The molecule has 0 aliphatic rings. The van der Waals surface area contributed by atoms with Gasteiger partial charge in [-0.05, 0) is 20.8 Å². The summed E-state index contributed by atoms with van der Waals surface area (Å²) in [5.74, 6) is 0. The Morgan fingerprint density at radius 3 is 2.18 bits per heavy atom. The molecule has 0 aliphatic carbocycles. The molecule has 0 aromatic carbocycles. The van der Waals surface area contributed by atoms with Gasteiger partial charge in [0.15, 0.2) is 0 Å². The van der Waals surface area contributed by atoms with E-state index in [1.54, 1.807) is 16.2 Å². The minimum Gasteiger partial charge on any atom is -0.302 e. The van der Waals surface area contributed by atoms with Crippen molar-refractivity contribution in [2.24, 2.45) is 7.05 Å². The third-order valence-corrected chi connectivity index (χ3v) is 1.78. The standard InChI is InChI=1S/C8H14N2O/c1-6(2)10-7(3)5-9(4)8(10)11/h5-6H,1-4H3. The van der Waals surface area contributed by atoms with Gasteiger partial charge in [-0.3, -0.25) is 4.57 Å². The van der Waals surface area contributed by atoms with Gasteiger partial charge in [0.1, 0.15) is 0 Å². The van der Waals surface area contributed by atoms with Gasteiger partial charge in [-0.1, -0.05) is 0 Å². The van der Waals surface area contributed by atoms with E-state index in [4.69, 9.17) is 0 Å². The van der Waals surface area contributed by atoms with Crippen molar-refractivity contribution in [2.75, 3.05) is 0 Å². The lowest BCUT2D eigenvalue weighted by Gasteiger charge is -2.06. The van der Waals surface area contributed by atoms with Crippen molar-refractivity contribution in [3.63, 3.8) is 0 Å². The summed E-state index contributed by atoms with van der Waals surface area (Å²) in [5, 5.41) is 0. The largest absolute Gasteiger partial charge is 0.328 e. The first kappa shape index (κ1) is 8.11. The van der Waals surface area contributed by atoms with Crippen LogP contribution in [0.15, 0.2) is 11.0 Å². The zero-order chi connectivity index (χ0) is 8.59. The topological polar surface area (TPSA) is 26.9 Å². The van der Waals surface area contributed by atoms with Crippen LogP contribution >= 0.6 is 0 Å². The molecule has 62 valence electrons. The molecule has 0 saturated carbocycles. The van der Waals surface area contributed by atoms with Crippen LogP contribution in [0.2, 0.25) is 0 Å². The van der Waals surface area contributed by atoms with Crippen molar-refractivity contribution in [3.05, 3.63) is 22.4 Å². The third kappa shape index (κ3) is 1.23. The van der Waals surface area contributed by atoms with Crippen molar-refractivity contribution >= 4 is 0 Å². The van der Waals surface area contributed by atoms with E-state index in [0.29, 0.717) is 0 Å². The molecule has 0 amide bonds. The SMILES string of the molecule is Cc1cn(C)c(=O)n1C(C)C. The van der Waals surface area contributed by atoms with Crippen LogP contribution in [0.4, 0.5) is 0 Å². The van der Waals surface area contributed by atoms with Gasteiger partial charge in [-0.15, -0.1) is 0 Å². The summed E-state index contributed by atoms with van der Waals surface area (Å²) in [7, 11) is 1.77. The molecule has 0 bridgehead atoms. The second kappa shape index (κ2) is 2.57. The molecule has 0 aliphatic heterocycles. The molecule has 1 rings (SSSR count). The van der Waals surface area contributed by atoms with Crippen LogP contribution < -0.4 is 5.69 Å². The third-order valence-electron chi connectivity index (χ3n) is 1.78. The first-order valence-corrected chi connectivity index (χ1v) is 3.78. The first-order chi connectivity index (χ1) is 5.04. The molecule has 0 N–H and O–H groups in total. The molecule has 0 spiro atoms. The fourth-order valence-electron chi connectivity index (χ4n) is 1.35. The number of rotatable bonds is 1. The van der Waals surface area contributed by atoms with E-state index >= 15 is 0 Å². The fourth-order valence-corrected chi connectivity index (χ4v) is 1.35. The predicted molar refractivity (Wildman–Crippen MR) is 44.8 cm³/mol. The molecular weight excluding hydrogens is 140 g/mol. The second-order valence-electron chi connectivity index (χ2n) is 3.13. The smallest absolute Gasteiger partial charge is 0.302 e. The Morgan fingerprint density at radius 1 is 1.45 bits per heavy atom. The van der Waals surface area contributed by atoms with Crippen molar-refractivity contribution in [1.82, 2.24) is 9.13 Å². The van der Waals surface area contributed by atoms with Crippen molar-refractivity contribution in [3.8, 4) is 0 Å². The van der Waals surface area contributed by atoms with Crippen molar-refractivity contribution in [2.45, 2.75) is 26.8 Å². The van der Waals surface area contributed by atoms with Crippen LogP contribution in [-0.2, 0) is 7.05 Å². The highest BCUT2D eigenvalue weighted by Gasteiger charge is 2.06. The monoisotopic (exact) mass is 154 g/mol. The van der Waals surface area contributed by atoms with Crippen molar-refractivity contribution in [1.29, 1.82) is 0 Å². The molecule has 1 aromatic rings. The Bertz CT molecular complexity index is 306. The van der Waals surface area contributed by atoms with Gasteiger partial charge in [-0.25, -0.2) is 4.79 Å². The summed E-state index contributed by atoms with van der Waals surface area (Å²) in [5.41, 5.74) is 1.09. The molecule has 0 unspecified atom stereocenters. The van der Waals surface area contributed by atoms with Crippen LogP contribution in [-0.4, -0.2) is 9.13 Å². The Morgan fingerprint density at radius 2 is 2.00 bits per heavy atom. The summed E-state index contributed by atoms with van der Waals surface area (Å²) < 4.78 is 3.38. The van der Waals surface area contributed by atoms with Crippen LogP contribution in [0.1, 0.15) is 25.6 Å². The first-order valence-electron chi connectivity index (χ1n) is 3.78. The molecule has 1 aromatic heterocycles. The van der Waals surface area contributed by atoms with Crippen molar-refractivity contribution < 1.29 is 0 Å². The number of hydrogen-bond acceptors (Lipinski definition) is 1. The van der Waals surface area contributed by atoms with E-state index < -0.39 is 0 Å². The van der Waals surface area contributed by atoms with Crippen LogP contribution in [0.3, 0.4) is 0 Å². The second-order valence-corrected chi connectivity index (χ2v) is 3.13. The fraction of sp³-hybridized carbons (Fsp3) is 0.625. The number of aromatic nitrogens is 2. The molecule has 0 radical (unpaired) electrons. The number of nitrogens with zero attached hydrogens (tertiary/aromatic N) is 2. The maximum atomic E-state index is 11.4. The Labute approximate surface area is 66.3 Å². The highest BCUT2D eigenvalue weighted by atomic mass is 16.1. The highest BCUT2D eigenvalue weighted by Crippen LogP contribution is 2.03. The van der Waals surface area contributed by atoms with E-state index in [-0.39, 0.29) is 11.7 Å². The summed E-state index contributed by atoms with van der Waals surface area (Å²) in [4.78, 5) is 11.4. The average Bonchev–Trinajstić information content (AvgIpc) is 2.07. The predicted octanol–water partition coefficient (Wildman–Crippen LogP) is 1.08. The lowest BCUT2D eigenvalue weighted by atomic mass is 10.4. The van der Waals surface area contributed by atoms with E-state index in [0.717, 1.165) is 5.69 Å². The summed E-state index contributed by atoms with van der Waals surface area (Å²) in [6, 6.07) is 0.253. The van der Waals surface area contributed by atoms with E-state index in [1.807, 2.05) is 27.0 Å². The Balaban J connectivity index is 3.35. The lowest BCUT2D eigenvalue weighted by molar-refractivity contribution is 0.556. The van der Waals surface area contributed by atoms with Gasteiger partial charge in [0.05, 0.1) is 0 Å². The summed E-state index contributed by atoms with van der Waals surface area (Å²) >= 11 is 0. The van der Waals surface area contributed by atoms with Gasteiger partial charge >= 0.3 is 5.69 Å². The minimum atomic E-state index is 0.0671. The zero-order valence-corrected chi connectivity index (χ0v) is 7.46. The van der Waals surface area contributed by atoms with E-state index in [9.17, 15) is 4.79 Å². The molecule has 0 fully saturated rings. The quantitative estimate of drug-likeness (QED) is 0.594. The van der Waals surface area contributed by atoms with Gasteiger partial charge in [-0.2, -0.15) is 0 Å². The molecule has 0 saturated heterocycles. The average molecular weight is 154 g/mol. The lowest BCUT2D eigenvalue weighted by Crippen LogP contribution is -2.24. The van der Waals surface area contributed by atoms with Gasteiger partial charge in [0.25, 0.3) is 0 Å². The van der Waals surface area contributed by atoms with Gasteiger partial charge in [0, 0.05) is 25.0 Å². The number of imidazole rings is 1. The Kier molecular flexibility index (Phi) is 1.89. The molecule has 11 heavy (non-hydrogen) atoms. The Hall–Kier alpha value is -0.990. The van der Waals surface area contributed by atoms with E-state index in [1.165, 1.54) is 0 Å². The number of aryl methyl sites for hydroxylation is 2.